The summed E-state index contributed by atoms with van der Waals surface area (Å²) in [5.41, 5.74) is 2.40. The van der Waals surface area contributed by atoms with Crippen molar-refractivity contribution in [3.8, 4) is 0 Å². The molecule has 0 unspecified atom stereocenters. The minimum absolute atomic E-state index is 0.0625. The average Bonchev–Trinajstić information content (AvgIpc) is 2.70. The van der Waals surface area contributed by atoms with E-state index in [1.54, 1.807) is 0 Å². The molecule has 0 aliphatic carbocycles. The van der Waals surface area contributed by atoms with Gasteiger partial charge >= 0.3 is 5.97 Å². The Kier molecular flexibility index (Phi) is 5.41. The van der Waals surface area contributed by atoms with Crippen molar-refractivity contribution >= 4 is 11.9 Å². The highest BCUT2D eigenvalue weighted by atomic mass is 16.5. The van der Waals surface area contributed by atoms with Crippen LogP contribution in [-0.4, -0.2) is 45.5 Å². The van der Waals surface area contributed by atoms with Crippen LogP contribution < -0.4 is 5.32 Å². The van der Waals surface area contributed by atoms with Gasteiger partial charge in [-0.1, -0.05) is 0 Å². The van der Waals surface area contributed by atoms with Gasteiger partial charge in [0.25, 0.3) is 0 Å². The first-order valence-electron chi connectivity index (χ1n) is 7.92. The van der Waals surface area contributed by atoms with Crippen LogP contribution in [0.1, 0.15) is 42.6 Å². The molecule has 0 spiro atoms. The molecule has 0 aromatic carbocycles. The summed E-state index contributed by atoms with van der Waals surface area (Å²) in [7, 11) is 1.88. The van der Waals surface area contributed by atoms with Crippen molar-refractivity contribution in [1.82, 2.24) is 15.1 Å². The summed E-state index contributed by atoms with van der Waals surface area (Å²) in [4.78, 5) is 23.5. The van der Waals surface area contributed by atoms with Gasteiger partial charge < -0.3 is 15.2 Å². The number of carbonyl (C=O) groups excluding carboxylic acids is 1. The van der Waals surface area contributed by atoms with Crippen LogP contribution in [0, 0.1) is 13.8 Å². The predicted molar refractivity (Wildman–Crippen MR) is 84.2 cm³/mol. The van der Waals surface area contributed by atoms with Gasteiger partial charge in [-0.2, -0.15) is 5.10 Å². The first-order valence-corrected chi connectivity index (χ1v) is 7.92. The molecular formula is C16H25N3O4. The van der Waals surface area contributed by atoms with Crippen molar-refractivity contribution < 1.29 is 19.4 Å². The highest BCUT2D eigenvalue weighted by Crippen LogP contribution is 2.25. The number of amides is 1. The third-order valence-electron chi connectivity index (χ3n) is 4.61. The van der Waals surface area contributed by atoms with Crippen LogP contribution >= 0.6 is 0 Å². The second-order valence-corrected chi connectivity index (χ2v) is 6.28. The van der Waals surface area contributed by atoms with Crippen molar-refractivity contribution in [3.05, 3.63) is 17.0 Å². The molecule has 23 heavy (non-hydrogen) atoms. The zero-order chi connectivity index (χ0) is 17.0. The lowest BCUT2D eigenvalue weighted by Crippen LogP contribution is -2.53. The topological polar surface area (TPSA) is 93.5 Å². The lowest BCUT2D eigenvalue weighted by Gasteiger charge is -2.36. The standard InChI is InChI=1S/C16H25N3O4/c1-11-13(12(2)19(3)18-11)4-5-14(20)17-16(10-15(21)22)6-8-23-9-7-16/h4-10H2,1-3H3,(H,17,20)(H,21,22). The molecule has 7 nitrogen and oxygen atoms in total. The molecule has 0 radical (unpaired) electrons. The molecule has 1 amide bonds. The van der Waals surface area contributed by atoms with E-state index >= 15 is 0 Å². The number of carbonyl (C=O) groups is 2. The maximum absolute atomic E-state index is 12.3. The van der Waals surface area contributed by atoms with Gasteiger partial charge in [-0.15, -0.1) is 0 Å². The molecule has 1 aromatic rings. The fraction of sp³-hybridized carbons (Fsp3) is 0.688. The molecule has 7 heteroatoms. The highest BCUT2D eigenvalue weighted by Gasteiger charge is 2.36. The van der Waals surface area contributed by atoms with E-state index in [0.717, 1.165) is 17.0 Å². The zero-order valence-corrected chi connectivity index (χ0v) is 14.0. The summed E-state index contributed by atoms with van der Waals surface area (Å²) in [5.74, 6) is -1.01. The number of carboxylic acids is 1. The Hall–Kier alpha value is -1.89. The summed E-state index contributed by atoms with van der Waals surface area (Å²) in [5, 5.41) is 16.4. The Bertz CT molecular complexity index is 588. The number of nitrogens with zero attached hydrogens (tertiary/aromatic N) is 2. The molecule has 2 heterocycles. The number of hydrogen-bond donors (Lipinski definition) is 2. The smallest absolute Gasteiger partial charge is 0.305 e. The monoisotopic (exact) mass is 323 g/mol. The summed E-state index contributed by atoms with van der Waals surface area (Å²) < 4.78 is 7.11. The van der Waals surface area contributed by atoms with Gasteiger partial charge in [-0.25, -0.2) is 0 Å². The SMILES string of the molecule is Cc1nn(C)c(C)c1CCC(=O)NC1(CC(=O)O)CCOCC1. The largest absolute Gasteiger partial charge is 0.481 e. The molecule has 1 aromatic heterocycles. The van der Waals surface area contributed by atoms with E-state index in [-0.39, 0.29) is 12.3 Å². The van der Waals surface area contributed by atoms with E-state index in [9.17, 15) is 9.59 Å². The van der Waals surface area contributed by atoms with Crippen molar-refractivity contribution in [2.75, 3.05) is 13.2 Å². The summed E-state index contributed by atoms with van der Waals surface area (Å²) >= 11 is 0. The summed E-state index contributed by atoms with van der Waals surface area (Å²) in [6.45, 7) is 4.88. The molecule has 0 atom stereocenters. The van der Waals surface area contributed by atoms with E-state index < -0.39 is 11.5 Å². The van der Waals surface area contributed by atoms with Crippen molar-refractivity contribution in [2.24, 2.45) is 7.05 Å². The maximum Gasteiger partial charge on any atom is 0.305 e. The lowest BCUT2D eigenvalue weighted by molar-refractivity contribution is -0.140. The first kappa shape index (κ1) is 17.5. The number of ether oxygens (including phenoxy) is 1. The minimum Gasteiger partial charge on any atom is -0.481 e. The molecule has 1 saturated heterocycles. The molecule has 2 N–H and O–H groups in total. The summed E-state index contributed by atoms with van der Waals surface area (Å²) in [6, 6.07) is 0. The molecule has 0 saturated carbocycles. The maximum atomic E-state index is 12.3. The Morgan fingerprint density at radius 3 is 2.52 bits per heavy atom. The molecule has 1 aliphatic rings. The van der Waals surface area contributed by atoms with Crippen LogP contribution in [0.4, 0.5) is 0 Å². The Labute approximate surface area is 136 Å². The molecule has 1 fully saturated rings. The van der Waals surface area contributed by atoms with Gasteiger partial charge in [0.15, 0.2) is 0 Å². The van der Waals surface area contributed by atoms with Crippen LogP contribution in [0.5, 0.6) is 0 Å². The van der Waals surface area contributed by atoms with Gasteiger partial charge in [0.05, 0.1) is 17.7 Å². The number of hydrogen-bond acceptors (Lipinski definition) is 4. The molecule has 0 bridgehead atoms. The number of aromatic nitrogens is 2. The van der Waals surface area contributed by atoms with Gasteiger partial charge in [0.2, 0.25) is 5.91 Å². The van der Waals surface area contributed by atoms with Crippen LogP contribution in [0.2, 0.25) is 0 Å². The minimum atomic E-state index is -0.897. The second-order valence-electron chi connectivity index (χ2n) is 6.28. The Morgan fingerprint density at radius 1 is 1.35 bits per heavy atom. The van der Waals surface area contributed by atoms with Crippen molar-refractivity contribution in [2.45, 2.75) is 51.5 Å². The fourth-order valence-corrected chi connectivity index (χ4v) is 3.17. The van der Waals surface area contributed by atoms with E-state index in [1.165, 1.54) is 0 Å². The summed E-state index contributed by atoms with van der Waals surface area (Å²) in [6.07, 6.45) is 1.95. The van der Waals surface area contributed by atoms with Crippen molar-refractivity contribution in [3.63, 3.8) is 0 Å². The quantitative estimate of drug-likeness (QED) is 0.818. The Morgan fingerprint density at radius 2 is 2.00 bits per heavy atom. The van der Waals surface area contributed by atoms with Crippen LogP contribution in [0.3, 0.4) is 0 Å². The normalized spacial score (nSPS) is 17.0. The molecular weight excluding hydrogens is 298 g/mol. The fourth-order valence-electron chi connectivity index (χ4n) is 3.17. The van der Waals surface area contributed by atoms with Gasteiger partial charge in [0.1, 0.15) is 0 Å². The van der Waals surface area contributed by atoms with Crippen LogP contribution in [-0.2, 0) is 27.8 Å². The third-order valence-corrected chi connectivity index (χ3v) is 4.61. The molecule has 128 valence electrons. The number of carboxylic acid groups (broad SMARTS) is 1. The van der Waals surface area contributed by atoms with Gasteiger partial charge in [-0.05, 0) is 38.7 Å². The number of aryl methyl sites for hydroxylation is 2. The van der Waals surface area contributed by atoms with Crippen LogP contribution in [0.25, 0.3) is 0 Å². The van der Waals surface area contributed by atoms with E-state index in [0.29, 0.717) is 38.9 Å². The number of aliphatic carboxylic acids is 1. The predicted octanol–water partition coefficient (Wildman–Crippen LogP) is 1.11. The average molecular weight is 323 g/mol. The third kappa shape index (κ3) is 4.31. The number of nitrogens with one attached hydrogen (secondary N) is 1. The Balaban J connectivity index is 1.98. The second kappa shape index (κ2) is 7.12. The van der Waals surface area contributed by atoms with E-state index in [2.05, 4.69) is 10.4 Å². The highest BCUT2D eigenvalue weighted by molar-refractivity contribution is 5.78. The molecule has 2 rings (SSSR count). The van der Waals surface area contributed by atoms with Gasteiger partial charge in [0, 0.05) is 32.4 Å². The van der Waals surface area contributed by atoms with E-state index in [4.69, 9.17) is 9.84 Å². The van der Waals surface area contributed by atoms with Crippen LogP contribution in [0.15, 0.2) is 0 Å². The van der Waals surface area contributed by atoms with Crippen molar-refractivity contribution in [1.29, 1.82) is 0 Å². The zero-order valence-electron chi connectivity index (χ0n) is 14.0. The number of rotatable bonds is 6. The first-order chi connectivity index (χ1) is 10.8. The van der Waals surface area contributed by atoms with E-state index in [1.807, 2.05) is 25.6 Å². The molecule has 1 aliphatic heterocycles. The van der Waals surface area contributed by atoms with Gasteiger partial charge in [-0.3, -0.25) is 14.3 Å². The lowest BCUT2D eigenvalue weighted by atomic mass is 9.86.